The van der Waals surface area contributed by atoms with Crippen LogP contribution in [0.2, 0.25) is 5.15 Å². The third-order valence-corrected chi connectivity index (χ3v) is 2.55. The quantitative estimate of drug-likeness (QED) is 0.344. The Kier molecular flexibility index (Phi) is 3.59. The van der Waals surface area contributed by atoms with E-state index in [1.54, 1.807) is 30.5 Å². The number of hydrogen-bond donors (Lipinski definition) is 3. The average Bonchev–Trinajstić information content (AvgIpc) is 2.39. The number of nitrogens with one attached hydrogen (secondary N) is 2. The smallest absolute Gasteiger partial charge is 0.201 e. The molecule has 2 rings (SSSR count). The van der Waals surface area contributed by atoms with E-state index in [1.807, 2.05) is 6.07 Å². The molecule has 0 saturated carbocycles. The van der Waals surface area contributed by atoms with Crippen molar-refractivity contribution in [3.63, 3.8) is 0 Å². The Morgan fingerprint density at radius 2 is 2.21 bits per heavy atom. The van der Waals surface area contributed by atoms with Crippen molar-refractivity contribution < 1.29 is 0 Å². The van der Waals surface area contributed by atoms with Gasteiger partial charge >= 0.3 is 0 Å². The van der Waals surface area contributed by atoms with E-state index in [-0.39, 0.29) is 11.5 Å². The first-order valence-corrected chi connectivity index (χ1v) is 5.61. The number of rotatable bonds is 3. The highest BCUT2D eigenvalue weighted by molar-refractivity contribution is 6.45. The first-order valence-electron chi connectivity index (χ1n) is 5.23. The molecule has 7 heteroatoms. The van der Waals surface area contributed by atoms with Crippen LogP contribution < -0.4 is 11.2 Å². The first kappa shape index (κ1) is 12.8. The zero-order chi connectivity index (χ0) is 13.8. The molecule has 6 nitrogen and oxygen atoms in total. The van der Waals surface area contributed by atoms with E-state index in [2.05, 4.69) is 15.5 Å². The Bertz CT molecular complexity index is 716. The fourth-order valence-electron chi connectivity index (χ4n) is 1.45. The van der Waals surface area contributed by atoms with Gasteiger partial charge in [0.2, 0.25) is 5.71 Å². The predicted molar refractivity (Wildman–Crippen MR) is 75.3 cm³/mol. The normalized spacial score (nSPS) is 11.1. The van der Waals surface area contributed by atoms with Gasteiger partial charge in [0.25, 0.3) is 0 Å². The lowest BCUT2D eigenvalue weighted by Gasteiger charge is -2.03. The molecule has 2 aromatic rings. The van der Waals surface area contributed by atoms with Crippen molar-refractivity contribution in [2.24, 2.45) is 10.8 Å². The van der Waals surface area contributed by atoms with Gasteiger partial charge in [-0.2, -0.15) is 10.4 Å². The summed E-state index contributed by atoms with van der Waals surface area (Å²) in [5.74, 6) is -0.385. The number of halogens is 1. The molecule has 0 fully saturated rings. The monoisotopic (exact) mass is 272 g/mol. The van der Waals surface area contributed by atoms with Crippen LogP contribution in [0.25, 0.3) is 10.8 Å². The third-order valence-electron chi connectivity index (χ3n) is 2.35. The van der Waals surface area contributed by atoms with Crippen LogP contribution in [-0.4, -0.2) is 16.5 Å². The lowest BCUT2D eigenvalue weighted by molar-refractivity contribution is 1.33. The molecule has 1 aromatic carbocycles. The molecule has 0 aliphatic heterocycles. The van der Waals surface area contributed by atoms with Gasteiger partial charge in [-0.1, -0.05) is 17.7 Å². The molecular formula is C12H9ClN6. The number of amidine groups is 1. The standard InChI is InChI=1S/C12H9ClN6/c13-11-4-7-1-2-9(3-8(7)6-17-11)18-19-10(5-14)12(15)16/h1-4,6,18H,(H3,15,16)/b19-10+. The third kappa shape index (κ3) is 2.97. The Labute approximate surface area is 114 Å². The summed E-state index contributed by atoms with van der Waals surface area (Å²) in [6, 6.07) is 8.90. The van der Waals surface area contributed by atoms with E-state index in [0.717, 1.165) is 10.8 Å². The van der Waals surface area contributed by atoms with Crippen LogP contribution in [-0.2, 0) is 0 Å². The van der Waals surface area contributed by atoms with Crippen LogP contribution >= 0.6 is 11.6 Å². The highest BCUT2D eigenvalue weighted by Gasteiger charge is 2.02. The minimum Gasteiger partial charge on any atom is -0.382 e. The van der Waals surface area contributed by atoms with Crippen molar-refractivity contribution in [3.05, 3.63) is 35.6 Å². The minimum absolute atomic E-state index is 0.172. The molecule has 19 heavy (non-hydrogen) atoms. The Balaban J connectivity index is 2.30. The van der Waals surface area contributed by atoms with Gasteiger partial charge in [-0.25, -0.2) is 4.98 Å². The number of fused-ring (bicyclic) bond motifs is 1. The Hall–Kier alpha value is -2.65. The van der Waals surface area contributed by atoms with Crippen LogP contribution in [0.15, 0.2) is 35.6 Å². The molecular weight excluding hydrogens is 264 g/mol. The van der Waals surface area contributed by atoms with Gasteiger partial charge in [-0.3, -0.25) is 10.8 Å². The van der Waals surface area contributed by atoms with Crippen molar-refractivity contribution in [1.82, 2.24) is 4.98 Å². The summed E-state index contributed by atoms with van der Waals surface area (Å²) >= 11 is 5.79. The van der Waals surface area contributed by atoms with Gasteiger partial charge in [0.1, 0.15) is 11.2 Å². The van der Waals surface area contributed by atoms with Crippen molar-refractivity contribution in [2.45, 2.75) is 0 Å². The highest BCUT2D eigenvalue weighted by atomic mass is 35.5. The number of aromatic nitrogens is 1. The van der Waals surface area contributed by atoms with E-state index < -0.39 is 0 Å². The molecule has 94 valence electrons. The molecule has 0 aliphatic carbocycles. The van der Waals surface area contributed by atoms with Crippen molar-refractivity contribution >= 4 is 39.6 Å². The van der Waals surface area contributed by atoms with Crippen molar-refractivity contribution in [2.75, 3.05) is 5.43 Å². The average molecular weight is 273 g/mol. The number of benzene rings is 1. The molecule has 1 aromatic heterocycles. The maximum absolute atomic E-state index is 8.71. The number of anilines is 1. The van der Waals surface area contributed by atoms with Gasteiger partial charge in [-0.15, -0.1) is 0 Å². The second kappa shape index (κ2) is 5.33. The lowest BCUT2D eigenvalue weighted by Crippen LogP contribution is -2.21. The fraction of sp³-hybridized carbons (Fsp3) is 0. The maximum Gasteiger partial charge on any atom is 0.201 e. The number of nitrogens with zero attached hydrogens (tertiary/aromatic N) is 3. The topological polar surface area (TPSA) is 111 Å². The number of nitrogens with two attached hydrogens (primary N) is 1. The van der Waals surface area contributed by atoms with E-state index in [9.17, 15) is 0 Å². The van der Waals surface area contributed by atoms with Gasteiger partial charge in [0.05, 0.1) is 5.69 Å². The van der Waals surface area contributed by atoms with Gasteiger partial charge in [0, 0.05) is 11.6 Å². The molecule has 4 N–H and O–H groups in total. The van der Waals surface area contributed by atoms with Crippen molar-refractivity contribution in [3.8, 4) is 6.07 Å². The zero-order valence-corrected chi connectivity index (χ0v) is 10.4. The summed E-state index contributed by atoms with van der Waals surface area (Å²) in [4.78, 5) is 3.98. The van der Waals surface area contributed by atoms with Crippen LogP contribution in [0.3, 0.4) is 0 Å². The predicted octanol–water partition coefficient (Wildman–Crippen LogP) is 2.12. The molecule has 0 bridgehead atoms. The number of nitriles is 1. The molecule has 0 atom stereocenters. The molecule has 0 radical (unpaired) electrons. The van der Waals surface area contributed by atoms with E-state index in [4.69, 9.17) is 28.0 Å². The Morgan fingerprint density at radius 3 is 2.89 bits per heavy atom. The SMILES string of the molecule is N#C/C(=N\Nc1ccc2cc(Cl)ncc2c1)C(=N)N. The van der Waals surface area contributed by atoms with Crippen LogP contribution in [0.4, 0.5) is 5.69 Å². The summed E-state index contributed by atoms with van der Waals surface area (Å²) in [6.07, 6.45) is 1.64. The zero-order valence-electron chi connectivity index (χ0n) is 9.68. The van der Waals surface area contributed by atoms with Crippen LogP contribution in [0.1, 0.15) is 0 Å². The summed E-state index contributed by atoms with van der Waals surface area (Å²) in [6.45, 7) is 0. The van der Waals surface area contributed by atoms with E-state index >= 15 is 0 Å². The molecule has 1 heterocycles. The highest BCUT2D eigenvalue weighted by Crippen LogP contribution is 2.20. The number of hydrazone groups is 1. The largest absolute Gasteiger partial charge is 0.382 e. The summed E-state index contributed by atoms with van der Waals surface area (Å²) in [5.41, 5.74) is 8.34. The van der Waals surface area contributed by atoms with Crippen LogP contribution in [0, 0.1) is 16.7 Å². The first-order chi connectivity index (χ1) is 9.10. The molecule has 0 aliphatic rings. The van der Waals surface area contributed by atoms with Crippen LogP contribution in [0.5, 0.6) is 0 Å². The van der Waals surface area contributed by atoms with Crippen molar-refractivity contribution in [1.29, 1.82) is 10.7 Å². The lowest BCUT2D eigenvalue weighted by atomic mass is 10.1. The minimum atomic E-state index is -0.385. The fourth-order valence-corrected chi connectivity index (χ4v) is 1.62. The molecule has 0 saturated heterocycles. The number of pyridine rings is 1. The number of hydrogen-bond acceptors (Lipinski definition) is 5. The van der Waals surface area contributed by atoms with Gasteiger partial charge < -0.3 is 5.73 Å². The summed E-state index contributed by atoms with van der Waals surface area (Å²) < 4.78 is 0. The molecule has 0 unspecified atom stereocenters. The van der Waals surface area contributed by atoms with E-state index in [0.29, 0.717) is 10.8 Å². The summed E-state index contributed by atoms with van der Waals surface area (Å²) in [5, 5.41) is 21.8. The Morgan fingerprint density at radius 1 is 1.42 bits per heavy atom. The van der Waals surface area contributed by atoms with Gasteiger partial charge in [-0.05, 0) is 23.6 Å². The summed E-state index contributed by atoms with van der Waals surface area (Å²) in [7, 11) is 0. The van der Waals surface area contributed by atoms with Gasteiger partial charge in [0.15, 0.2) is 5.84 Å². The second-order valence-corrected chi connectivity index (χ2v) is 4.05. The second-order valence-electron chi connectivity index (χ2n) is 3.67. The maximum atomic E-state index is 8.71. The molecule has 0 amide bonds. The van der Waals surface area contributed by atoms with E-state index in [1.165, 1.54) is 0 Å². The molecule has 0 spiro atoms.